The van der Waals surface area contributed by atoms with Crippen LogP contribution in [0, 0.1) is 22.7 Å². The van der Waals surface area contributed by atoms with Crippen LogP contribution in [-0.4, -0.2) is 24.8 Å². The Bertz CT molecular complexity index is 527. The predicted molar refractivity (Wildman–Crippen MR) is 84.3 cm³/mol. The Morgan fingerprint density at radius 3 is 2.59 bits per heavy atom. The third-order valence-electron chi connectivity index (χ3n) is 7.32. The van der Waals surface area contributed by atoms with E-state index in [1.54, 1.807) is 0 Å². The van der Waals surface area contributed by atoms with Crippen molar-refractivity contribution in [3.63, 3.8) is 0 Å². The van der Waals surface area contributed by atoms with E-state index in [4.69, 9.17) is 9.47 Å². The first-order valence-corrected chi connectivity index (χ1v) is 8.93. The summed E-state index contributed by atoms with van der Waals surface area (Å²) in [5.41, 5.74) is 1.13. The maximum atomic E-state index is 12.8. The second-order valence-electron chi connectivity index (χ2n) is 8.36. The van der Waals surface area contributed by atoms with Gasteiger partial charge < -0.3 is 9.47 Å². The smallest absolute Gasteiger partial charge is 0.177 e. The van der Waals surface area contributed by atoms with Gasteiger partial charge in [0.05, 0.1) is 13.2 Å². The summed E-state index contributed by atoms with van der Waals surface area (Å²) in [6, 6.07) is 0. The summed E-state index contributed by atoms with van der Waals surface area (Å²) < 4.78 is 12.2. The van der Waals surface area contributed by atoms with Gasteiger partial charge >= 0.3 is 0 Å². The Morgan fingerprint density at radius 2 is 1.86 bits per heavy atom. The molecule has 1 aliphatic heterocycles. The summed E-state index contributed by atoms with van der Waals surface area (Å²) in [7, 11) is 0. The van der Waals surface area contributed by atoms with Crippen molar-refractivity contribution in [1.82, 2.24) is 0 Å². The zero-order valence-corrected chi connectivity index (χ0v) is 14.1. The van der Waals surface area contributed by atoms with Gasteiger partial charge in [-0.3, -0.25) is 4.79 Å². The summed E-state index contributed by atoms with van der Waals surface area (Å²) >= 11 is 0. The molecule has 1 spiro atoms. The molecular formula is C19H28O3. The van der Waals surface area contributed by atoms with E-state index in [0.29, 0.717) is 30.8 Å². The van der Waals surface area contributed by atoms with E-state index in [-0.39, 0.29) is 10.8 Å². The molecule has 4 rings (SSSR count). The van der Waals surface area contributed by atoms with Crippen molar-refractivity contribution in [2.75, 3.05) is 13.2 Å². The van der Waals surface area contributed by atoms with Crippen molar-refractivity contribution >= 4 is 5.78 Å². The first kappa shape index (κ1) is 14.9. The van der Waals surface area contributed by atoms with E-state index < -0.39 is 5.79 Å². The SMILES string of the molecule is CC1(C)C2=CC[C@@H]3CCCC(=O)[C@]3(C)[C@@H]2CCC12OCCO2. The third kappa shape index (κ3) is 1.67. The molecule has 22 heavy (non-hydrogen) atoms. The third-order valence-corrected chi connectivity index (χ3v) is 7.32. The summed E-state index contributed by atoms with van der Waals surface area (Å²) in [4.78, 5) is 12.8. The Kier molecular flexibility index (Phi) is 3.16. The van der Waals surface area contributed by atoms with Gasteiger partial charge in [-0.25, -0.2) is 0 Å². The van der Waals surface area contributed by atoms with Gasteiger partial charge in [0.2, 0.25) is 0 Å². The van der Waals surface area contributed by atoms with Crippen LogP contribution in [0.2, 0.25) is 0 Å². The van der Waals surface area contributed by atoms with Crippen molar-refractivity contribution in [1.29, 1.82) is 0 Å². The number of hydrogen-bond donors (Lipinski definition) is 0. The molecule has 3 atom stereocenters. The second kappa shape index (κ2) is 4.67. The molecule has 3 nitrogen and oxygen atoms in total. The molecule has 0 aromatic heterocycles. The van der Waals surface area contributed by atoms with Crippen LogP contribution in [0.15, 0.2) is 11.6 Å². The van der Waals surface area contributed by atoms with Crippen LogP contribution < -0.4 is 0 Å². The summed E-state index contributed by atoms with van der Waals surface area (Å²) in [6.45, 7) is 8.16. The fourth-order valence-corrected chi connectivity index (χ4v) is 5.85. The highest BCUT2D eigenvalue weighted by atomic mass is 16.7. The van der Waals surface area contributed by atoms with Crippen molar-refractivity contribution < 1.29 is 14.3 Å². The average molecular weight is 304 g/mol. The Hall–Kier alpha value is -0.670. The van der Waals surface area contributed by atoms with Gasteiger partial charge in [0.15, 0.2) is 5.79 Å². The molecule has 3 aliphatic carbocycles. The topological polar surface area (TPSA) is 35.5 Å². The normalized spacial score (nSPS) is 42.7. The van der Waals surface area contributed by atoms with Crippen molar-refractivity contribution in [2.45, 2.75) is 65.1 Å². The summed E-state index contributed by atoms with van der Waals surface area (Å²) in [5, 5.41) is 0. The van der Waals surface area contributed by atoms with Crippen molar-refractivity contribution in [3.8, 4) is 0 Å². The number of allylic oxidation sites excluding steroid dienone is 1. The van der Waals surface area contributed by atoms with Gasteiger partial charge in [0, 0.05) is 23.7 Å². The second-order valence-corrected chi connectivity index (χ2v) is 8.36. The maximum Gasteiger partial charge on any atom is 0.177 e. The molecule has 2 saturated carbocycles. The lowest BCUT2D eigenvalue weighted by Crippen LogP contribution is -2.58. The molecule has 0 aromatic carbocycles. The molecule has 122 valence electrons. The predicted octanol–water partition coefficient (Wildman–Crippen LogP) is 3.87. The molecule has 0 radical (unpaired) electrons. The van der Waals surface area contributed by atoms with Crippen LogP contribution in [0.3, 0.4) is 0 Å². The number of hydrogen-bond acceptors (Lipinski definition) is 3. The van der Waals surface area contributed by atoms with Crippen LogP contribution in [0.5, 0.6) is 0 Å². The number of Topliss-reactive ketones (excluding diaryl/α,β-unsaturated/α-hetero) is 1. The van der Waals surface area contributed by atoms with Gasteiger partial charge in [-0.15, -0.1) is 0 Å². The van der Waals surface area contributed by atoms with Gasteiger partial charge in [0.1, 0.15) is 5.78 Å². The zero-order chi connectivity index (χ0) is 15.6. The fourth-order valence-electron chi connectivity index (χ4n) is 5.85. The molecule has 3 fully saturated rings. The van der Waals surface area contributed by atoms with Gasteiger partial charge in [-0.2, -0.15) is 0 Å². The molecule has 0 bridgehead atoms. The molecule has 1 heterocycles. The molecule has 0 N–H and O–H groups in total. The molecular weight excluding hydrogens is 276 g/mol. The minimum absolute atomic E-state index is 0.141. The molecule has 0 aromatic rings. The molecule has 0 unspecified atom stereocenters. The highest BCUT2D eigenvalue weighted by Gasteiger charge is 2.62. The standard InChI is InChI=1S/C19H28O3/c1-17(2)14-8-7-13-5-4-6-16(20)18(13,3)15(14)9-10-19(17)21-11-12-22-19/h8,13,15H,4-7,9-12H2,1-3H3/t13-,15+,18-/m0/s1. The Morgan fingerprint density at radius 1 is 1.14 bits per heavy atom. The van der Waals surface area contributed by atoms with Gasteiger partial charge in [0.25, 0.3) is 0 Å². The first-order chi connectivity index (χ1) is 10.4. The van der Waals surface area contributed by atoms with Gasteiger partial charge in [-0.05, 0) is 37.5 Å². The van der Waals surface area contributed by atoms with E-state index in [9.17, 15) is 4.79 Å². The number of carbonyl (C=O) groups excluding carboxylic acids is 1. The van der Waals surface area contributed by atoms with Crippen molar-refractivity contribution in [2.24, 2.45) is 22.7 Å². The summed E-state index contributed by atoms with van der Waals surface area (Å²) in [5.74, 6) is 0.959. The van der Waals surface area contributed by atoms with E-state index >= 15 is 0 Å². The molecule has 4 aliphatic rings. The van der Waals surface area contributed by atoms with Crippen molar-refractivity contribution in [3.05, 3.63) is 11.6 Å². The number of rotatable bonds is 0. The first-order valence-electron chi connectivity index (χ1n) is 8.93. The zero-order valence-electron chi connectivity index (χ0n) is 14.1. The monoisotopic (exact) mass is 304 g/mol. The number of ketones is 1. The number of ether oxygens (including phenoxy) is 2. The molecule has 0 amide bonds. The number of fused-ring (bicyclic) bond motifs is 3. The van der Waals surface area contributed by atoms with Gasteiger partial charge in [-0.1, -0.05) is 32.4 Å². The van der Waals surface area contributed by atoms with Crippen LogP contribution in [0.25, 0.3) is 0 Å². The quantitative estimate of drug-likeness (QED) is 0.637. The van der Waals surface area contributed by atoms with E-state index in [2.05, 4.69) is 26.8 Å². The maximum absolute atomic E-state index is 12.8. The minimum Gasteiger partial charge on any atom is -0.347 e. The minimum atomic E-state index is -0.462. The van der Waals surface area contributed by atoms with Crippen LogP contribution in [-0.2, 0) is 14.3 Å². The molecule has 1 saturated heterocycles. The highest BCUT2D eigenvalue weighted by molar-refractivity contribution is 5.86. The van der Waals surface area contributed by atoms with E-state index in [0.717, 1.165) is 32.1 Å². The van der Waals surface area contributed by atoms with E-state index in [1.807, 2.05) is 0 Å². The van der Waals surface area contributed by atoms with E-state index in [1.165, 1.54) is 12.0 Å². The van der Waals surface area contributed by atoms with Crippen LogP contribution in [0.4, 0.5) is 0 Å². The highest BCUT2D eigenvalue weighted by Crippen LogP contribution is 2.63. The fraction of sp³-hybridized carbons (Fsp3) is 0.842. The largest absolute Gasteiger partial charge is 0.347 e. The lowest BCUT2D eigenvalue weighted by Gasteiger charge is -2.58. The van der Waals surface area contributed by atoms with Crippen LogP contribution in [0.1, 0.15) is 59.3 Å². The Labute approximate surface area is 133 Å². The molecule has 3 heteroatoms. The lowest BCUT2D eigenvalue weighted by molar-refractivity contribution is -0.239. The Balaban J connectivity index is 1.77. The average Bonchev–Trinajstić information content (AvgIpc) is 2.95. The van der Waals surface area contributed by atoms with Crippen LogP contribution >= 0.6 is 0 Å². The lowest BCUT2D eigenvalue weighted by atomic mass is 9.48. The summed E-state index contributed by atoms with van der Waals surface area (Å²) in [6.07, 6.45) is 8.48. The number of carbonyl (C=O) groups is 1.